The number of carboxylic acid groups (broad SMARTS) is 1. The molecule has 0 radical (unpaired) electrons. The summed E-state index contributed by atoms with van der Waals surface area (Å²) < 4.78 is 4.96. The molecule has 0 aromatic heterocycles. The molecule has 4 N–H and O–H groups in total. The second-order valence-electron chi connectivity index (χ2n) is 8.60. The van der Waals surface area contributed by atoms with Crippen LogP contribution in [0, 0.1) is 0 Å². The molecule has 0 atom stereocenters. The minimum Gasteiger partial charge on any atom is -0.507 e. The van der Waals surface area contributed by atoms with Gasteiger partial charge in [0.25, 0.3) is 0 Å². The summed E-state index contributed by atoms with van der Waals surface area (Å²) in [6.45, 7) is 2.25. The normalized spacial score (nSPS) is 12.0. The Morgan fingerprint density at radius 2 is 1.32 bits per heavy atom. The van der Waals surface area contributed by atoms with Crippen molar-refractivity contribution in [2.75, 3.05) is 18.5 Å². The number of aromatic carboxylic acids is 1. The van der Waals surface area contributed by atoms with Crippen LogP contribution in [-0.2, 0) is 9.53 Å². The first kappa shape index (κ1) is 33.7. The molecule has 0 bridgehead atoms. The molecular formula is C32H42N2O6. The number of carbonyl (C=O) groups is 3. The van der Waals surface area contributed by atoms with Gasteiger partial charge >= 0.3 is 12.1 Å². The summed E-state index contributed by atoms with van der Waals surface area (Å²) in [6, 6.07) is 3.63. The number of hydrogen-bond donors (Lipinski definition) is 4. The second kappa shape index (κ2) is 22.6. The van der Waals surface area contributed by atoms with E-state index in [4.69, 9.17) is 9.84 Å². The Balaban J connectivity index is 2.04. The molecule has 0 aliphatic heterocycles. The van der Waals surface area contributed by atoms with Crippen molar-refractivity contribution in [2.45, 2.75) is 58.3 Å². The van der Waals surface area contributed by atoms with Crippen molar-refractivity contribution in [1.29, 1.82) is 0 Å². The molecule has 40 heavy (non-hydrogen) atoms. The topological polar surface area (TPSA) is 125 Å². The molecule has 0 aliphatic rings. The van der Waals surface area contributed by atoms with Crippen LogP contribution in [0.2, 0.25) is 0 Å². The first-order valence-corrected chi connectivity index (χ1v) is 13.6. The van der Waals surface area contributed by atoms with E-state index in [1.807, 2.05) is 12.2 Å². The Kier molecular flexibility index (Phi) is 19.1. The van der Waals surface area contributed by atoms with E-state index in [0.717, 1.165) is 50.7 Å². The summed E-state index contributed by atoms with van der Waals surface area (Å²) in [5.74, 6) is -1.87. The van der Waals surface area contributed by atoms with Gasteiger partial charge in [0.15, 0.2) is 0 Å². The minimum absolute atomic E-state index is 0.0403. The number of phenols is 1. The van der Waals surface area contributed by atoms with Gasteiger partial charge in [-0.3, -0.25) is 10.1 Å². The molecule has 8 nitrogen and oxygen atoms in total. The van der Waals surface area contributed by atoms with Gasteiger partial charge in [-0.1, -0.05) is 79.8 Å². The fourth-order valence-electron chi connectivity index (χ4n) is 3.22. The average molecular weight is 551 g/mol. The highest BCUT2D eigenvalue weighted by Crippen LogP contribution is 2.21. The molecule has 216 valence electrons. The molecule has 0 aliphatic carbocycles. The zero-order chi connectivity index (χ0) is 29.3. The van der Waals surface area contributed by atoms with Crippen LogP contribution in [0.5, 0.6) is 5.75 Å². The lowest BCUT2D eigenvalue weighted by molar-refractivity contribution is -0.121. The van der Waals surface area contributed by atoms with Gasteiger partial charge in [-0.25, -0.2) is 9.59 Å². The highest BCUT2D eigenvalue weighted by atomic mass is 16.5. The molecule has 0 fully saturated rings. The van der Waals surface area contributed by atoms with E-state index < -0.39 is 17.8 Å². The molecular weight excluding hydrogens is 508 g/mol. The Bertz CT molecular complexity index is 1080. The van der Waals surface area contributed by atoms with Crippen molar-refractivity contribution in [3.8, 4) is 5.75 Å². The van der Waals surface area contributed by atoms with Gasteiger partial charge in [-0.15, -0.1) is 0 Å². The first-order valence-electron chi connectivity index (χ1n) is 13.6. The lowest BCUT2D eigenvalue weighted by atomic mass is 10.2. The number of benzene rings is 1. The van der Waals surface area contributed by atoms with Crippen LogP contribution in [0.15, 0.2) is 91.1 Å². The molecule has 1 rings (SSSR count). The first-order chi connectivity index (χ1) is 19.4. The lowest BCUT2D eigenvalue weighted by Crippen LogP contribution is -2.28. The number of amides is 2. The van der Waals surface area contributed by atoms with Gasteiger partial charge < -0.3 is 20.3 Å². The number of nitrogens with one attached hydrogen (secondary N) is 2. The van der Waals surface area contributed by atoms with E-state index in [1.54, 1.807) is 0 Å². The zero-order valence-electron chi connectivity index (χ0n) is 23.3. The van der Waals surface area contributed by atoms with Crippen LogP contribution < -0.4 is 10.6 Å². The maximum Gasteiger partial charge on any atom is 0.411 e. The Hall–Kier alpha value is -4.33. The SMILES string of the molecule is CC/C=C\C/C=C\C/C=C\C/C=C\C/C=C\C/C=C\CCC(=O)NCCOC(=O)Nc1ccc(O)c(C(=O)O)c1. The third-order valence-electron chi connectivity index (χ3n) is 5.27. The fraction of sp³-hybridized carbons (Fsp3) is 0.344. The highest BCUT2D eigenvalue weighted by molar-refractivity contribution is 5.93. The number of ether oxygens (including phenoxy) is 1. The van der Waals surface area contributed by atoms with Crippen LogP contribution in [-0.4, -0.2) is 41.3 Å². The molecule has 1 aromatic rings. The summed E-state index contributed by atoms with van der Waals surface area (Å²) in [7, 11) is 0. The summed E-state index contributed by atoms with van der Waals surface area (Å²) in [4.78, 5) is 34.7. The van der Waals surface area contributed by atoms with E-state index in [-0.39, 0.29) is 30.3 Å². The Morgan fingerprint density at radius 1 is 0.800 bits per heavy atom. The van der Waals surface area contributed by atoms with Crippen molar-refractivity contribution in [2.24, 2.45) is 0 Å². The third-order valence-corrected chi connectivity index (χ3v) is 5.27. The number of aromatic hydroxyl groups is 1. The van der Waals surface area contributed by atoms with Crippen LogP contribution in [0.3, 0.4) is 0 Å². The number of anilines is 1. The number of rotatable bonds is 19. The highest BCUT2D eigenvalue weighted by Gasteiger charge is 2.12. The van der Waals surface area contributed by atoms with Crippen LogP contribution in [0.4, 0.5) is 10.5 Å². The molecule has 0 saturated heterocycles. The number of hydrogen-bond acceptors (Lipinski definition) is 5. The number of allylic oxidation sites excluding steroid dienone is 12. The van der Waals surface area contributed by atoms with Gasteiger partial charge in [-0.2, -0.15) is 0 Å². The van der Waals surface area contributed by atoms with Crippen LogP contribution >= 0.6 is 0 Å². The standard InChI is InChI=1S/C32H42N2O6/c1-2-3-4-5-6-7-8-9-10-11-12-13-14-15-16-17-18-19-20-21-30(36)33-24-25-40-32(39)34-27-22-23-29(35)28(26-27)31(37)38/h3-4,6-7,9-10,12-13,15-16,18-19,22-23,26,35H,2,5,8,11,14,17,20-21,24-25H2,1H3,(H,33,36)(H,34,39)(H,37,38)/b4-3-,7-6-,10-9-,13-12-,16-15-,19-18-. The molecule has 2 amide bonds. The van der Waals surface area contributed by atoms with Gasteiger partial charge in [-0.05, 0) is 63.1 Å². The molecule has 0 unspecified atom stereocenters. The third kappa shape index (κ3) is 18.0. The smallest absolute Gasteiger partial charge is 0.411 e. The van der Waals surface area contributed by atoms with Crippen molar-refractivity contribution in [3.05, 3.63) is 96.7 Å². The number of carboxylic acids is 1. The van der Waals surface area contributed by atoms with E-state index >= 15 is 0 Å². The minimum atomic E-state index is -1.32. The second-order valence-corrected chi connectivity index (χ2v) is 8.60. The summed E-state index contributed by atoms with van der Waals surface area (Å²) in [5, 5.41) is 23.5. The van der Waals surface area contributed by atoms with Gasteiger partial charge in [0.1, 0.15) is 17.9 Å². The van der Waals surface area contributed by atoms with Gasteiger partial charge in [0.2, 0.25) is 5.91 Å². The van der Waals surface area contributed by atoms with Crippen molar-refractivity contribution in [3.63, 3.8) is 0 Å². The van der Waals surface area contributed by atoms with E-state index in [1.165, 1.54) is 6.07 Å². The fourth-order valence-corrected chi connectivity index (χ4v) is 3.22. The molecule has 0 heterocycles. The van der Waals surface area contributed by atoms with Crippen LogP contribution in [0.25, 0.3) is 0 Å². The van der Waals surface area contributed by atoms with E-state index in [2.05, 4.69) is 78.3 Å². The largest absolute Gasteiger partial charge is 0.507 e. The quantitative estimate of drug-likeness (QED) is 0.0818. The maximum atomic E-state index is 11.9. The number of carbonyl (C=O) groups excluding carboxylic acids is 2. The van der Waals surface area contributed by atoms with Gasteiger partial charge in [0.05, 0.1) is 6.54 Å². The van der Waals surface area contributed by atoms with Crippen molar-refractivity contribution >= 4 is 23.7 Å². The zero-order valence-corrected chi connectivity index (χ0v) is 23.3. The molecule has 8 heteroatoms. The Labute approximate surface area is 237 Å². The molecule has 0 spiro atoms. The summed E-state index contributed by atoms with van der Waals surface area (Å²) in [6.07, 6.45) is 31.5. The summed E-state index contributed by atoms with van der Waals surface area (Å²) >= 11 is 0. The molecule has 0 saturated carbocycles. The van der Waals surface area contributed by atoms with E-state index in [9.17, 15) is 19.5 Å². The van der Waals surface area contributed by atoms with Crippen LogP contribution in [0.1, 0.15) is 68.6 Å². The summed E-state index contributed by atoms with van der Waals surface area (Å²) in [5.41, 5.74) is -0.169. The predicted molar refractivity (Wildman–Crippen MR) is 160 cm³/mol. The Morgan fingerprint density at radius 3 is 1.85 bits per heavy atom. The van der Waals surface area contributed by atoms with Crippen molar-refractivity contribution < 1.29 is 29.3 Å². The van der Waals surface area contributed by atoms with Gasteiger partial charge in [0, 0.05) is 12.1 Å². The lowest BCUT2D eigenvalue weighted by Gasteiger charge is -2.09. The van der Waals surface area contributed by atoms with Crippen molar-refractivity contribution in [1.82, 2.24) is 5.32 Å². The van der Waals surface area contributed by atoms with E-state index in [0.29, 0.717) is 12.8 Å². The predicted octanol–water partition coefficient (Wildman–Crippen LogP) is 7.23. The molecule has 1 aromatic carbocycles. The average Bonchev–Trinajstić information content (AvgIpc) is 2.93. The maximum absolute atomic E-state index is 11.9. The monoisotopic (exact) mass is 550 g/mol.